The predicted octanol–water partition coefficient (Wildman–Crippen LogP) is 5.53. The fraction of sp³-hybridized carbons (Fsp3) is 0.154. The Morgan fingerprint density at radius 1 is 0.879 bits per heavy atom. The van der Waals surface area contributed by atoms with Gasteiger partial charge in [-0.1, -0.05) is 60.7 Å². The molecule has 0 radical (unpaired) electrons. The number of benzene rings is 4. The molecule has 0 unspecified atom stereocenters. The van der Waals surface area contributed by atoms with Gasteiger partial charge in [-0.05, 0) is 45.3 Å². The van der Waals surface area contributed by atoms with Gasteiger partial charge in [0.2, 0.25) is 0 Å². The van der Waals surface area contributed by atoms with E-state index in [2.05, 4.69) is 5.32 Å². The van der Waals surface area contributed by atoms with Gasteiger partial charge in [-0.25, -0.2) is 4.79 Å². The van der Waals surface area contributed by atoms with Crippen molar-refractivity contribution in [2.45, 2.75) is 18.6 Å². The minimum absolute atomic E-state index is 0.0501. The molecule has 33 heavy (non-hydrogen) atoms. The van der Waals surface area contributed by atoms with Gasteiger partial charge >= 0.3 is 12.1 Å². The molecule has 0 bridgehead atoms. The van der Waals surface area contributed by atoms with Crippen LogP contribution in [0.25, 0.3) is 21.5 Å². The Labute approximate surface area is 188 Å². The lowest BCUT2D eigenvalue weighted by molar-refractivity contribution is -0.142. The summed E-state index contributed by atoms with van der Waals surface area (Å²) in [5, 5.41) is 6.12. The number of carbonyl (C=O) groups is 2. The molecule has 0 aliphatic heterocycles. The predicted molar refractivity (Wildman–Crippen MR) is 120 cm³/mol. The van der Waals surface area contributed by atoms with Gasteiger partial charge in [0.25, 0.3) is 5.91 Å². The first-order chi connectivity index (χ1) is 15.8. The molecule has 168 valence electrons. The van der Waals surface area contributed by atoms with Crippen molar-refractivity contribution in [3.63, 3.8) is 0 Å². The van der Waals surface area contributed by atoms with Crippen LogP contribution in [0.2, 0.25) is 0 Å². The van der Waals surface area contributed by atoms with E-state index < -0.39 is 35.2 Å². The van der Waals surface area contributed by atoms with Gasteiger partial charge < -0.3 is 10.1 Å². The highest BCUT2D eigenvalue weighted by Gasteiger charge is 2.35. The second-order valence-corrected chi connectivity index (χ2v) is 7.59. The third-order valence-electron chi connectivity index (χ3n) is 5.56. The second kappa shape index (κ2) is 8.94. The van der Waals surface area contributed by atoms with Gasteiger partial charge in [-0.2, -0.15) is 13.2 Å². The van der Waals surface area contributed by atoms with Crippen molar-refractivity contribution in [3.8, 4) is 0 Å². The quantitative estimate of drug-likeness (QED) is 0.321. The number of alkyl halides is 3. The Morgan fingerprint density at radius 3 is 2.00 bits per heavy atom. The summed E-state index contributed by atoms with van der Waals surface area (Å²) in [5.74, 6) is -1.74. The largest absolute Gasteiger partial charge is 0.467 e. The van der Waals surface area contributed by atoms with Crippen molar-refractivity contribution in [1.29, 1.82) is 0 Å². The summed E-state index contributed by atoms with van der Waals surface area (Å²) < 4.78 is 45.1. The van der Waals surface area contributed by atoms with Gasteiger partial charge in [0.15, 0.2) is 0 Å². The fourth-order valence-corrected chi connectivity index (χ4v) is 4.03. The average molecular weight is 451 g/mol. The van der Waals surface area contributed by atoms with Crippen molar-refractivity contribution in [2.75, 3.05) is 7.11 Å². The first kappa shape index (κ1) is 22.3. The molecule has 4 nitrogen and oxygen atoms in total. The lowest BCUT2D eigenvalue weighted by atomic mass is 9.92. The number of nitrogens with one attached hydrogen (secondary N) is 1. The Bertz CT molecular complexity index is 1290. The summed E-state index contributed by atoms with van der Waals surface area (Å²) in [6.45, 7) is 0. The van der Waals surface area contributed by atoms with Gasteiger partial charge in [0.05, 0.1) is 18.2 Å². The zero-order chi connectivity index (χ0) is 23.6. The highest BCUT2D eigenvalue weighted by molar-refractivity contribution is 6.03. The third-order valence-corrected chi connectivity index (χ3v) is 5.56. The maximum absolute atomic E-state index is 13.4. The molecule has 0 fully saturated rings. The van der Waals surface area contributed by atoms with E-state index in [1.165, 1.54) is 19.2 Å². The molecule has 0 aromatic heterocycles. The summed E-state index contributed by atoms with van der Waals surface area (Å²) in [5.41, 5.74) is -0.827. The lowest BCUT2D eigenvalue weighted by Crippen LogP contribution is -2.43. The number of fused-ring (bicyclic) bond motifs is 2. The summed E-state index contributed by atoms with van der Waals surface area (Å²) in [6, 6.07) is 20.5. The number of hydrogen-bond acceptors (Lipinski definition) is 3. The van der Waals surface area contributed by atoms with Crippen LogP contribution in [0.5, 0.6) is 0 Å². The minimum Gasteiger partial charge on any atom is -0.467 e. The van der Waals surface area contributed by atoms with Crippen LogP contribution in [0.1, 0.15) is 21.5 Å². The molecule has 7 heteroatoms. The molecule has 0 saturated heterocycles. The van der Waals surface area contributed by atoms with Crippen LogP contribution in [-0.2, 0) is 22.1 Å². The molecule has 4 aromatic carbocycles. The van der Waals surface area contributed by atoms with E-state index in [9.17, 15) is 22.8 Å². The summed E-state index contributed by atoms with van der Waals surface area (Å²) >= 11 is 0. The van der Waals surface area contributed by atoms with Gasteiger partial charge in [0.1, 0.15) is 6.04 Å². The Hall–Kier alpha value is -3.87. The zero-order valence-corrected chi connectivity index (χ0v) is 17.6. The van der Waals surface area contributed by atoms with Crippen LogP contribution in [0, 0.1) is 0 Å². The number of ether oxygens (including phenoxy) is 1. The van der Waals surface area contributed by atoms with E-state index in [1.807, 2.05) is 54.6 Å². The van der Waals surface area contributed by atoms with E-state index >= 15 is 0 Å². The van der Waals surface area contributed by atoms with Crippen LogP contribution in [-0.4, -0.2) is 25.0 Å². The molecule has 0 saturated carbocycles. The van der Waals surface area contributed by atoms with E-state index in [1.54, 1.807) is 0 Å². The Balaban J connectivity index is 1.76. The van der Waals surface area contributed by atoms with Crippen LogP contribution in [0.3, 0.4) is 0 Å². The molecule has 0 aliphatic carbocycles. The molecule has 4 aromatic rings. The molecule has 0 aliphatic rings. The Kier molecular flexibility index (Phi) is 6.05. The molecular weight excluding hydrogens is 431 g/mol. The van der Waals surface area contributed by atoms with Crippen molar-refractivity contribution >= 4 is 33.4 Å². The number of hydrogen-bond donors (Lipinski definition) is 1. The number of esters is 1. The normalized spacial score (nSPS) is 12.5. The fourth-order valence-electron chi connectivity index (χ4n) is 4.03. The van der Waals surface area contributed by atoms with Crippen molar-refractivity contribution in [2.24, 2.45) is 0 Å². The Morgan fingerprint density at radius 2 is 1.42 bits per heavy atom. The van der Waals surface area contributed by atoms with Crippen LogP contribution in [0.15, 0.2) is 78.9 Å². The molecule has 1 atom stereocenters. The van der Waals surface area contributed by atoms with Crippen molar-refractivity contribution in [3.05, 3.63) is 95.6 Å². The standard InChI is InChI=1S/C26H20F3NO3/c1-33-25(32)23(30-24(31)20-12-6-7-13-22(20)26(27,28)29)15-21-18-10-4-2-8-16(18)14-17-9-3-5-11-19(17)21/h2-14,23H,15H2,1H3,(H,30,31)/t23-/m1/s1. The second-order valence-electron chi connectivity index (χ2n) is 7.59. The number of halogens is 3. The molecular formula is C26H20F3NO3. The van der Waals surface area contributed by atoms with E-state index in [0.717, 1.165) is 39.2 Å². The number of amides is 1. The molecule has 4 rings (SSSR count). The smallest absolute Gasteiger partial charge is 0.417 e. The van der Waals surface area contributed by atoms with Crippen molar-refractivity contribution < 1.29 is 27.5 Å². The SMILES string of the molecule is COC(=O)[C@@H](Cc1c2ccccc2cc2ccccc12)NC(=O)c1ccccc1C(F)(F)F. The summed E-state index contributed by atoms with van der Waals surface area (Å²) in [7, 11) is 1.17. The number of carbonyl (C=O) groups excluding carboxylic acids is 2. The van der Waals surface area contributed by atoms with Gasteiger partial charge in [0, 0.05) is 6.42 Å². The molecule has 0 heterocycles. The van der Waals surface area contributed by atoms with E-state index in [0.29, 0.717) is 0 Å². The van der Waals surface area contributed by atoms with Crippen molar-refractivity contribution in [1.82, 2.24) is 5.32 Å². The minimum atomic E-state index is -4.71. The topological polar surface area (TPSA) is 55.4 Å². The zero-order valence-electron chi connectivity index (χ0n) is 17.6. The molecule has 1 amide bonds. The van der Waals surface area contributed by atoms with E-state index in [4.69, 9.17) is 4.74 Å². The average Bonchev–Trinajstić information content (AvgIpc) is 2.82. The van der Waals surface area contributed by atoms with Crippen LogP contribution >= 0.6 is 0 Å². The van der Waals surface area contributed by atoms with Crippen LogP contribution < -0.4 is 5.32 Å². The highest BCUT2D eigenvalue weighted by atomic mass is 19.4. The first-order valence-corrected chi connectivity index (χ1v) is 10.2. The van der Waals surface area contributed by atoms with Gasteiger partial charge in [-0.3, -0.25) is 4.79 Å². The maximum Gasteiger partial charge on any atom is 0.417 e. The maximum atomic E-state index is 13.4. The highest BCUT2D eigenvalue weighted by Crippen LogP contribution is 2.32. The number of rotatable bonds is 5. The lowest BCUT2D eigenvalue weighted by Gasteiger charge is -2.20. The number of methoxy groups -OCH3 is 1. The first-order valence-electron chi connectivity index (χ1n) is 10.2. The molecule has 0 spiro atoms. The summed E-state index contributed by atoms with van der Waals surface area (Å²) in [6.07, 6.45) is -4.66. The third kappa shape index (κ3) is 4.53. The monoisotopic (exact) mass is 451 g/mol. The summed E-state index contributed by atoms with van der Waals surface area (Å²) in [4.78, 5) is 25.4. The van der Waals surface area contributed by atoms with Crippen LogP contribution in [0.4, 0.5) is 13.2 Å². The van der Waals surface area contributed by atoms with E-state index in [-0.39, 0.29) is 6.42 Å². The van der Waals surface area contributed by atoms with Gasteiger partial charge in [-0.15, -0.1) is 0 Å². The molecule has 1 N–H and O–H groups in total.